The van der Waals surface area contributed by atoms with Crippen molar-refractivity contribution in [3.05, 3.63) is 40.9 Å². The third-order valence-electron chi connectivity index (χ3n) is 6.67. The molecule has 4 rings (SSSR count). The van der Waals surface area contributed by atoms with Crippen molar-refractivity contribution in [1.29, 1.82) is 0 Å². The van der Waals surface area contributed by atoms with Gasteiger partial charge in [-0.05, 0) is 44.5 Å². The average Bonchev–Trinajstić information content (AvgIpc) is 3.45. The molecule has 0 radical (unpaired) electrons. The molecule has 8 N–H and O–H groups in total. The van der Waals surface area contributed by atoms with Gasteiger partial charge in [0.15, 0.2) is 16.6 Å². The molecule has 0 bridgehead atoms. The van der Waals surface area contributed by atoms with Crippen LogP contribution in [0.25, 0.3) is 0 Å². The van der Waals surface area contributed by atoms with Gasteiger partial charge in [-0.15, -0.1) is 15.6 Å². The van der Waals surface area contributed by atoms with Crippen LogP contribution in [-0.4, -0.2) is 87.7 Å². The normalized spacial score (nSPS) is 20.1. The number of aromatic nitrogens is 1. The summed E-state index contributed by atoms with van der Waals surface area (Å²) < 4.78 is 40.9. The Hall–Kier alpha value is -2.77. The van der Waals surface area contributed by atoms with E-state index in [1.54, 1.807) is 24.3 Å². The van der Waals surface area contributed by atoms with Crippen molar-refractivity contribution in [3.63, 3.8) is 0 Å². The number of aliphatic carboxylic acids is 1. The number of Topliss-reactive ketones (excluding diaryl/α,β-unsaturated/α-hetero) is 1. The summed E-state index contributed by atoms with van der Waals surface area (Å²) in [6.45, 7) is 2.33. The van der Waals surface area contributed by atoms with E-state index in [4.69, 9.17) is 31.3 Å². The molecule has 17 nitrogen and oxygen atoms in total. The van der Waals surface area contributed by atoms with Gasteiger partial charge in [0.05, 0.1) is 17.5 Å². The molecule has 1 saturated heterocycles. The Kier molecular flexibility index (Phi) is 18.6. The van der Waals surface area contributed by atoms with Gasteiger partial charge in [0.25, 0.3) is 12.0 Å². The zero-order chi connectivity index (χ0) is 31.7. The van der Waals surface area contributed by atoms with Crippen LogP contribution >= 0.6 is 65.3 Å². The summed E-state index contributed by atoms with van der Waals surface area (Å²) in [7, 11) is -4.99. The standard InChI is InChI=1S/C24H29N7O10S2.CH4.4H2S/c1-24(2)13(21(33)31(24)41-43(36,37)38)7-17(32)19(16-10-42-23(27)29-16)30-40-18(22(34)35)9-39-12-5-3-11(4-6-12)20(26)28-15-8-14(15)25;;;;;/h3-6,10,13-15,18H,7-9,25H2,1-2H3,(H2,26,28)(H2,27,29)(H,34,35)(H,36,37,38);1H4;4*1H2/b30-19-;;;;;/t13?,14-,15-,18-;;;;;/m0...../s1. The summed E-state index contributed by atoms with van der Waals surface area (Å²) in [5.41, 5.74) is 16.3. The summed E-state index contributed by atoms with van der Waals surface area (Å²) in [4.78, 5) is 51.1. The molecule has 2 aromatic rings. The molecule has 23 heteroatoms. The number of carboxylic acids is 1. The Bertz CT molecular complexity index is 1590. The molecule has 1 aromatic carbocycles. The zero-order valence-corrected chi connectivity index (χ0v) is 30.4. The first-order valence-electron chi connectivity index (χ1n) is 12.6. The molecule has 1 unspecified atom stereocenters. The lowest BCUT2D eigenvalue weighted by atomic mass is 9.74. The first-order valence-corrected chi connectivity index (χ1v) is 14.9. The van der Waals surface area contributed by atoms with Gasteiger partial charge >= 0.3 is 16.4 Å². The van der Waals surface area contributed by atoms with Crippen LogP contribution < -0.4 is 21.9 Å². The third-order valence-corrected chi connectivity index (χ3v) is 7.68. The van der Waals surface area contributed by atoms with Gasteiger partial charge in [-0.2, -0.15) is 67.5 Å². The second-order valence-corrected chi connectivity index (χ2v) is 12.1. The number of anilines is 1. The number of carboxylic acid groups (broad SMARTS) is 1. The minimum atomic E-state index is -4.99. The first kappa shape index (κ1) is 47.3. The number of oxime groups is 1. The van der Waals surface area contributed by atoms with Crippen molar-refractivity contribution in [1.82, 2.24) is 10.0 Å². The number of nitrogens with two attached hydrogens (primary N) is 3. The molecule has 1 aromatic heterocycles. The SMILES string of the molecule is C.CC1(C)C(CC(=O)/C(=N\O[C@@H](COc2ccc(C(N)=N[C@H]3C[C@@H]3N)cc2)C(=O)O)c2csc(N)n2)C(=O)N1OS(=O)(=O)O.S.S.S.S. The summed E-state index contributed by atoms with van der Waals surface area (Å²) >= 11 is 0.978. The molecule has 2 heterocycles. The van der Waals surface area contributed by atoms with E-state index in [1.165, 1.54) is 19.2 Å². The number of amides is 1. The number of hydrogen-bond acceptors (Lipinski definition) is 14. The number of nitrogen functional groups attached to an aromatic ring is 1. The highest BCUT2D eigenvalue weighted by Crippen LogP contribution is 2.40. The van der Waals surface area contributed by atoms with E-state index in [-0.39, 0.29) is 84.3 Å². The highest BCUT2D eigenvalue weighted by molar-refractivity contribution is 7.80. The highest BCUT2D eigenvalue weighted by atomic mass is 32.3. The molecule has 2 fully saturated rings. The molecule has 4 atom stereocenters. The molecule has 1 aliphatic heterocycles. The lowest BCUT2D eigenvalue weighted by molar-refractivity contribution is -0.228. The average molecular weight is 792 g/mol. The fraction of sp³-hybridized carbons (Fsp3) is 0.440. The Morgan fingerprint density at radius 1 is 1.19 bits per heavy atom. The molecule has 0 spiro atoms. The number of thiazole rings is 1. The second kappa shape index (κ2) is 18.8. The molecular formula is C25H41N7O10S6. The summed E-state index contributed by atoms with van der Waals surface area (Å²) in [6, 6.07) is 6.41. The number of amidine groups is 1. The van der Waals surface area contributed by atoms with Gasteiger partial charge < -0.3 is 31.9 Å². The van der Waals surface area contributed by atoms with Crippen molar-refractivity contribution in [2.75, 3.05) is 12.3 Å². The van der Waals surface area contributed by atoms with E-state index >= 15 is 0 Å². The fourth-order valence-corrected chi connectivity index (χ4v) is 5.05. The van der Waals surface area contributed by atoms with E-state index in [0.29, 0.717) is 22.2 Å². The largest absolute Gasteiger partial charge is 0.489 e. The van der Waals surface area contributed by atoms with Crippen molar-refractivity contribution >= 4 is 110 Å². The number of rotatable bonds is 14. The molecule has 272 valence electrons. The molecule has 1 amide bonds. The minimum absolute atomic E-state index is 0. The van der Waals surface area contributed by atoms with E-state index in [1.807, 2.05) is 0 Å². The number of hydrogen-bond donors (Lipinski definition) is 5. The minimum Gasteiger partial charge on any atom is -0.489 e. The number of ketones is 1. The van der Waals surface area contributed by atoms with Crippen molar-refractivity contribution < 1.29 is 46.3 Å². The van der Waals surface area contributed by atoms with E-state index in [0.717, 1.165) is 17.8 Å². The van der Waals surface area contributed by atoms with E-state index in [2.05, 4.69) is 19.4 Å². The topological polar surface area (TPSA) is 272 Å². The Labute approximate surface area is 309 Å². The summed E-state index contributed by atoms with van der Waals surface area (Å²) in [5.74, 6) is -3.59. The number of aliphatic imine (C=N–C) groups is 1. The molecule has 1 aliphatic carbocycles. The number of β-lactam (4-membered cyclic amide) rings is 1. The van der Waals surface area contributed by atoms with Crippen LogP contribution in [0.3, 0.4) is 0 Å². The van der Waals surface area contributed by atoms with E-state index in [9.17, 15) is 27.9 Å². The maximum atomic E-state index is 13.2. The second-order valence-electron chi connectivity index (χ2n) is 10.2. The van der Waals surface area contributed by atoms with E-state index < -0.39 is 64.4 Å². The predicted octanol–water partition coefficient (Wildman–Crippen LogP) is 0.801. The van der Waals surface area contributed by atoms with Gasteiger partial charge in [0, 0.05) is 23.4 Å². The smallest absolute Gasteiger partial charge is 0.418 e. The number of carbonyl (C=O) groups excluding carboxylic acids is 2. The van der Waals surface area contributed by atoms with Crippen molar-refractivity contribution in [2.45, 2.75) is 57.8 Å². The molecule has 48 heavy (non-hydrogen) atoms. The molecule has 2 aliphatic rings. The van der Waals surface area contributed by atoms with Gasteiger partial charge in [-0.1, -0.05) is 12.6 Å². The Balaban J connectivity index is 0. The fourth-order valence-electron chi connectivity index (χ4n) is 4.05. The zero-order valence-electron chi connectivity index (χ0n) is 24.8. The lowest BCUT2D eigenvalue weighted by Crippen LogP contribution is -2.68. The van der Waals surface area contributed by atoms with Crippen LogP contribution in [0.5, 0.6) is 5.75 Å². The third kappa shape index (κ3) is 11.7. The number of benzene rings is 1. The summed E-state index contributed by atoms with van der Waals surface area (Å²) in [6.07, 6.45) is -1.40. The highest BCUT2D eigenvalue weighted by Gasteiger charge is 2.57. The van der Waals surface area contributed by atoms with Crippen molar-refractivity contribution in [3.8, 4) is 5.75 Å². The Morgan fingerprint density at radius 2 is 1.77 bits per heavy atom. The number of carbonyl (C=O) groups is 3. The van der Waals surface area contributed by atoms with Crippen LogP contribution in [0, 0.1) is 5.92 Å². The van der Waals surface area contributed by atoms with Crippen LogP contribution in [0.15, 0.2) is 39.8 Å². The van der Waals surface area contributed by atoms with Crippen LogP contribution in [0.2, 0.25) is 0 Å². The summed E-state index contributed by atoms with van der Waals surface area (Å²) in [5, 5.41) is 15.3. The van der Waals surface area contributed by atoms with Gasteiger partial charge in [0.1, 0.15) is 23.9 Å². The van der Waals surface area contributed by atoms with Crippen LogP contribution in [-0.2, 0) is 33.9 Å². The first-order chi connectivity index (χ1) is 20.1. The van der Waals surface area contributed by atoms with Crippen LogP contribution in [0.1, 0.15) is 45.4 Å². The quantitative estimate of drug-likeness (QED) is 0.0583. The van der Waals surface area contributed by atoms with Crippen molar-refractivity contribution in [2.24, 2.45) is 27.5 Å². The number of nitrogens with zero attached hydrogens (tertiary/aromatic N) is 4. The monoisotopic (exact) mass is 791 g/mol. The van der Waals surface area contributed by atoms with Gasteiger partial charge in [0.2, 0.25) is 0 Å². The maximum Gasteiger partial charge on any atom is 0.418 e. The maximum absolute atomic E-state index is 13.2. The number of ether oxygens (including phenoxy) is 1. The van der Waals surface area contributed by atoms with Gasteiger partial charge in [-0.3, -0.25) is 19.1 Å². The molecular weight excluding hydrogens is 751 g/mol. The number of hydroxylamine groups is 2. The van der Waals surface area contributed by atoms with Gasteiger partial charge in [-0.25, -0.2) is 9.78 Å². The lowest BCUT2D eigenvalue weighted by Gasteiger charge is -2.50. The molecule has 1 saturated carbocycles. The predicted molar refractivity (Wildman–Crippen MR) is 200 cm³/mol. The Morgan fingerprint density at radius 3 is 2.23 bits per heavy atom. The van der Waals surface area contributed by atoms with Crippen LogP contribution in [0.4, 0.5) is 5.13 Å².